The third-order valence-electron chi connectivity index (χ3n) is 7.26. The van der Waals surface area contributed by atoms with E-state index in [1.807, 2.05) is 19.1 Å². The summed E-state index contributed by atoms with van der Waals surface area (Å²) in [6.07, 6.45) is 12.0. The molecule has 0 nitrogen and oxygen atoms in total. The average Bonchev–Trinajstić information content (AvgIpc) is 2.88. The number of aryl methyl sites for hydroxylation is 1. The first-order valence-corrected chi connectivity index (χ1v) is 13.1. The molecule has 0 aliphatic heterocycles. The Morgan fingerprint density at radius 1 is 0.743 bits per heavy atom. The summed E-state index contributed by atoms with van der Waals surface area (Å²) in [6.45, 7) is 4.17. The van der Waals surface area contributed by atoms with E-state index in [-0.39, 0.29) is 11.4 Å². The monoisotopic (exact) mass is 476 g/mol. The first-order chi connectivity index (χ1) is 17.0. The summed E-state index contributed by atoms with van der Waals surface area (Å²) < 4.78 is 44.1. The lowest BCUT2D eigenvalue weighted by Crippen LogP contribution is -2.05. The molecule has 0 spiro atoms. The number of allylic oxidation sites excluding steroid dienone is 2. The smallest absolute Gasteiger partial charge is 0.166 e. The lowest BCUT2D eigenvalue weighted by Gasteiger charge is -2.22. The molecule has 0 radical (unpaired) electrons. The lowest BCUT2D eigenvalue weighted by atomic mass is 9.83. The molecule has 0 heterocycles. The first-order valence-electron chi connectivity index (χ1n) is 13.1. The van der Waals surface area contributed by atoms with Gasteiger partial charge in [-0.2, -0.15) is 0 Å². The van der Waals surface area contributed by atoms with E-state index in [0.717, 1.165) is 36.3 Å². The molecule has 0 bridgehead atoms. The molecule has 3 aromatic rings. The van der Waals surface area contributed by atoms with Crippen LogP contribution in [0.5, 0.6) is 0 Å². The van der Waals surface area contributed by atoms with Gasteiger partial charge in [-0.3, -0.25) is 0 Å². The van der Waals surface area contributed by atoms with Crippen molar-refractivity contribution in [3.05, 3.63) is 89.3 Å². The van der Waals surface area contributed by atoms with Crippen molar-refractivity contribution in [2.24, 2.45) is 5.92 Å². The zero-order valence-corrected chi connectivity index (χ0v) is 20.8. The van der Waals surface area contributed by atoms with E-state index >= 15 is 4.39 Å². The van der Waals surface area contributed by atoms with Crippen LogP contribution in [-0.2, 0) is 6.42 Å². The summed E-state index contributed by atoms with van der Waals surface area (Å²) in [5, 5.41) is 0. The van der Waals surface area contributed by atoms with E-state index in [9.17, 15) is 8.78 Å². The predicted molar refractivity (Wildman–Crippen MR) is 141 cm³/mol. The Kier molecular flexibility index (Phi) is 8.49. The van der Waals surface area contributed by atoms with Crippen molar-refractivity contribution in [2.45, 2.75) is 71.6 Å². The molecule has 1 aliphatic rings. The van der Waals surface area contributed by atoms with Gasteiger partial charge in [0, 0.05) is 11.1 Å². The molecule has 35 heavy (non-hydrogen) atoms. The molecular formula is C32H35F3. The second-order valence-electron chi connectivity index (χ2n) is 9.79. The fourth-order valence-corrected chi connectivity index (χ4v) is 5.15. The van der Waals surface area contributed by atoms with Gasteiger partial charge >= 0.3 is 0 Å². The molecule has 0 amide bonds. The summed E-state index contributed by atoms with van der Waals surface area (Å²) in [6, 6.07) is 15.7. The van der Waals surface area contributed by atoms with Crippen LogP contribution in [0, 0.1) is 23.4 Å². The van der Waals surface area contributed by atoms with Crippen LogP contribution in [0.15, 0.2) is 60.7 Å². The Labute approximate surface area is 207 Å². The molecule has 0 aromatic heterocycles. The highest BCUT2D eigenvalue weighted by atomic mass is 19.2. The van der Waals surface area contributed by atoms with Crippen molar-refractivity contribution in [3.8, 4) is 22.3 Å². The summed E-state index contributed by atoms with van der Waals surface area (Å²) in [5.41, 5.74) is 4.62. The Morgan fingerprint density at radius 3 is 2.06 bits per heavy atom. The molecule has 3 aromatic carbocycles. The topological polar surface area (TPSA) is 0 Å². The molecule has 0 saturated heterocycles. The van der Waals surface area contributed by atoms with Gasteiger partial charge in [-0.1, -0.05) is 101 Å². The van der Waals surface area contributed by atoms with Crippen molar-refractivity contribution in [2.75, 3.05) is 0 Å². The number of unbranched alkanes of at least 4 members (excludes halogenated alkanes) is 2. The fraction of sp³-hybridized carbons (Fsp3) is 0.375. The molecule has 0 fully saturated rings. The van der Waals surface area contributed by atoms with E-state index in [1.165, 1.54) is 37.7 Å². The number of hydrogen-bond donors (Lipinski definition) is 0. The highest BCUT2D eigenvalue weighted by molar-refractivity contribution is 5.74. The predicted octanol–water partition coefficient (Wildman–Crippen LogP) is 10.2. The minimum atomic E-state index is -0.826. The summed E-state index contributed by atoms with van der Waals surface area (Å²) in [5.74, 6) is -1.11. The molecule has 1 aliphatic carbocycles. The zero-order valence-electron chi connectivity index (χ0n) is 20.8. The van der Waals surface area contributed by atoms with E-state index in [2.05, 4.69) is 13.0 Å². The second kappa shape index (κ2) is 11.7. The maximum absolute atomic E-state index is 15.1. The lowest BCUT2D eigenvalue weighted by molar-refractivity contribution is 0.428. The Morgan fingerprint density at radius 2 is 1.43 bits per heavy atom. The third kappa shape index (κ3) is 5.89. The van der Waals surface area contributed by atoms with E-state index < -0.39 is 11.6 Å². The summed E-state index contributed by atoms with van der Waals surface area (Å²) in [7, 11) is 0. The van der Waals surface area contributed by atoms with Gasteiger partial charge in [-0.25, -0.2) is 13.2 Å². The normalized spacial score (nSPS) is 15.8. The molecule has 184 valence electrons. The van der Waals surface area contributed by atoms with Crippen molar-refractivity contribution >= 4 is 5.57 Å². The molecule has 4 rings (SSSR count). The zero-order chi connectivity index (χ0) is 24.8. The molecule has 3 heteroatoms. The molecule has 1 unspecified atom stereocenters. The fourth-order valence-electron chi connectivity index (χ4n) is 5.15. The first kappa shape index (κ1) is 25.3. The van der Waals surface area contributed by atoms with Gasteiger partial charge in [0.05, 0.1) is 0 Å². The van der Waals surface area contributed by atoms with E-state index in [0.29, 0.717) is 23.1 Å². The van der Waals surface area contributed by atoms with Crippen LogP contribution in [0.2, 0.25) is 0 Å². The van der Waals surface area contributed by atoms with Crippen LogP contribution in [0.3, 0.4) is 0 Å². The van der Waals surface area contributed by atoms with Gasteiger partial charge in [-0.15, -0.1) is 0 Å². The molecule has 1 atom stereocenters. The van der Waals surface area contributed by atoms with Crippen LogP contribution >= 0.6 is 0 Å². The highest BCUT2D eigenvalue weighted by Gasteiger charge is 2.17. The van der Waals surface area contributed by atoms with Gasteiger partial charge in [0.1, 0.15) is 5.82 Å². The minimum absolute atomic E-state index is 0.224. The quantitative estimate of drug-likeness (QED) is 0.269. The summed E-state index contributed by atoms with van der Waals surface area (Å²) >= 11 is 0. The molecule has 0 saturated carbocycles. The Bertz CT molecular complexity index is 1170. The summed E-state index contributed by atoms with van der Waals surface area (Å²) in [4.78, 5) is 0. The number of hydrogen-bond acceptors (Lipinski definition) is 0. The van der Waals surface area contributed by atoms with Crippen LogP contribution in [-0.4, -0.2) is 0 Å². The van der Waals surface area contributed by atoms with Gasteiger partial charge < -0.3 is 0 Å². The Balaban J connectivity index is 1.49. The van der Waals surface area contributed by atoms with Crippen molar-refractivity contribution in [1.29, 1.82) is 0 Å². The standard InChI is InChI=1S/C32H35F3/c1-3-5-6-8-22-9-11-23(12-10-22)27-18-19-28(30(33)21-27)24-13-15-25(16-14-24)29-20-17-26(7-4-2)31(34)32(29)35/h11,13-22H,3-10,12H2,1-2H3. The van der Waals surface area contributed by atoms with Crippen molar-refractivity contribution in [1.82, 2.24) is 0 Å². The second-order valence-corrected chi connectivity index (χ2v) is 9.79. The van der Waals surface area contributed by atoms with Crippen LogP contribution in [0.25, 0.3) is 27.8 Å². The molecule has 0 N–H and O–H groups in total. The van der Waals surface area contributed by atoms with Crippen molar-refractivity contribution in [3.63, 3.8) is 0 Å². The number of benzene rings is 3. The average molecular weight is 477 g/mol. The number of halogens is 3. The van der Waals surface area contributed by atoms with Gasteiger partial charge in [0.15, 0.2) is 11.6 Å². The minimum Gasteiger partial charge on any atom is -0.206 e. The highest BCUT2D eigenvalue weighted by Crippen LogP contribution is 2.35. The van der Waals surface area contributed by atoms with E-state index in [1.54, 1.807) is 42.5 Å². The third-order valence-corrected chi connectivity index (χ3v) is 7.26. The Hall–Kier alpha value is -2.81. The number of rotatable bonds is 9. The SMILES string of the molecule is CCCCCC1CC=C(c2ccc(-c3ccc(-c4ccc(CCC)c(F)c4F)cc3)c(F)c2)CC1. The van der Waals surface area contributed by atoms with Gasteiger partial charge in [0.2, 0.25) is 0 Å². The van der Waals surface area contributed by atoms with E-state index in [4.69, 9.17) is 0 Å². The van der Waals surface area contributed by atoms with Crippen LogP contribution in [0.4, 0.5) is 13.2 Å². The van der Waals surface area contributed by atoms with Crippen LogP contribution in [0.1, 0.15) is 76.3 Å². The maximum Gasteiger partial charge on any atom is 0.166 e. The van der Waals surface area contributed by atoms with Gasteiger partial charge in [0.25, 0.3) is 0 Å². The van der Waals surface area contributed by atoms with Crippen molar-refractivity contribution < 1.29 is 13.2 Å². The largest absolute Gasteiger partial charge is 0.206 e. The van der Waals surface area contributed by atoms with Crippen LogP contribution < -0.4 is 0 Å². The maximum atomic E-state index is 15.1. The van der Waals surface area contributed by atoms with Gasteiger partial charge in [-0.05, 0) is 65.5 Å². The molecular weight excluding hydrogens is 441 g/mol.